The average Bonchev–Trinajstić information content (AvgIpc) is 2.48. The molecule has 0 unspecified atom stereocenters. The monoisotopic (exact) mass is 283 g/mol. The van der Waals surface area contributed by atoms with Crippen molar-refractivity contribution in [1.82, 2.24) is 5.32 Å². The van der Waals surface area contributed by atoms with Gasteiger partial charge in [0.15, 0.2) is 6.61 Å². The molecule has 3 heteroatoms. The van der Waals surface area contributed by atoms with E-state index in [0.29, 0.717) is 6.54 Å². The Morgan fingerprint density at radius 1 is 1.00 bits per heavy atom. The van der Waals surface area contributed by atoms with Gasteiger partial charge in [0.05, 0.1) is 0 Å². The number of rotatable bonds is 5. The summed E-state index contributed by atoms with van der Waals surface area (Å²) in [5.41, 5.74) is 4.67. The fraction of sp³-hybridized carbons (Fsp3) is 0.278. The Hall–Kier alpha value is -2.29. The minimum atomic E-state index is -0.117. The highest BCUT2D eigenvalue weighted by Crippen LogP contribution is 2.16. The quantitative estimate of drug-likeness (QED) is 0.914. The van der Waals surface area contributed by atoms with Crippen LogP contribution in [-0.2, 0) is 11.3 Å². The Kier molecular flexibility index (Phi) is 4.99. The maximum Gasteiger partial charge on any atom is 0.258 e. The highest BCUT2D eigenvalue weighted by atomic mass is 16.5. The number of amides is 1. The minimum absolute atomic E-state index is 0.0361. The molecule has 110 valence electrons. The molecule has 0 heterocycles. The maximum absolute atomic E-state index is 11.8. The number of hydrogen-bond donors (Lipinski definition) is 1. The van der Waals surface area contributed by atoms with Crippen LogP contribution >= 0.6 is 0 Å². The molecule has 0 bridgehead atoms. The molecule has 0 aliphatic carbocycles. The lowest BCUT2D eigenvalue weighted by Crippen LogP contribution is -2.28. The molecule has 0 aliphatic heterocycles. The van der Waals surface area contributed by atoms with E-state index in [2.05, 4.69) is 5.32 Å². The zero-order valence-electron chi connectivity index (χ0n) is 12.8. The van der Waals surface area contributed by atoms with Crippen LogP contribution in [0.15, 0.2) is 42.5 Å². The van der Waals surface area contributed by atoms with Crippen LogP contribution < -0.4 is 10.1 Å². The number of carbonyl (C=O) groups is 1. The zero-order chi connectivity index (χ0) is 15.2. The second kappa shape index (κ2) is 6.93. The topological polar surface area (TPSA) is 38.3 Å². The van der Waals surface area contributed by atoms with Crippen molar-refractivity contribution in [3.8, 4) is 5.75 Å². The van der Waals surface area contributed by atoms with E-state index in [1.165, 1.54) is 11.1 Å². The molecule has 1 N–H and O–H groups in total. The van der Waals surface area contributed by atoms with E-state index in [1.54, 1.807) is 0 Å². The average molecular weight is 283 g/mol. The lowest BCUT2D eigenvalue weighted by molar-refractivity contribution is -0.123. The summed E-state index contributed by atoms with van der Waals surface area (Å²) in [7, 11) is 0. The Labute approximate surface area is 126 Å². The Bertz CT molecular complexity index is 618. The van der Waals surface area contributed by atoms with Crippen molar-refractivity contribution < 1.29 is 9.53 Å². The molecule has 0 spiro atoms. The van der Waals surface area contributed by atoms with Gasteiger partial charge in [-0.05, 0) is 49.6 Å². The van der Waals surface area contributed by atoms with Crippen LogP contribution in [0.25, 0.3) is 0 Å². The summed E-state index contributed by atoms with van der Waals surface area (Å²) in [6.07, 6.45) is 0. The molecular weight excluding hydrogens is 262 g/mol. The highest BCUT2D eigenvalue weighted by molar-refractivity contribution is 5.77. The molecule has 0 saturated heterocycles. The third kappa shape index (κ3) is 4.63. The normalized spacial score (nSPS) is 10.2. The van der Waals surface area contributed by atoms with Gasteiger partial charge in [0.25, 0.3) is 5.91 Å². The summed E-state index contributed by atoms with van der Waals surface area (Å²) >= 11 is 0. The minimum Gasteiger partial charge on any atom is -0.484 e. The lowest BCUT2D eigenvalue weighted by atomic mass is 10.1. The fourth-order valence-corrected chi connectivity index (χ4v) is 1.91. The van der Waals surface area contributed by atoms with Gasteiger partial charge in [-0.2, -0.15) is 0 Å². The van der Waals surface area contributed by atoms with E-state index in [9.17, 15) is 4.79 Å². The number of aryl methyl sites for hydroxylation is 3. The van der Waals surface area contributed by atoms with Crippen molar-refractivity contribution in [3.63, 3.8) is 0 Å². The summed E-state index contributed by atoms with van der Waals surface area (Å²) in [4.78, 5) is 11.8. The van der Waals surface area contributed by atoms with Crippen molar-refractivity contribution >= 4 is 5.91 Å². The van der Waals surface area contributed by atoms with Crippen LogP contribution in [0, 0.1) is 20.8 Å². The third-order valence-corrected chi connectivity index (χ3v) is 3.46. The van der Waals surface area contributed by atoms with Crippen molar-refractivity contribution in [2.24, 2.45) is 0 Å². The number of benzene rings is 2. The van der Waals surface area contributed by atoms with Crippen molar-refractivity contribution in [2.45, 2.75) is 27.3 Å². The summed E-state index contributed by atoms with van der Waals surface area (Å²) in [5.74, 6) is 0.609. The van der Waals surface area contributed by atoms with Gasteiger partial charge in [-0.25, -0.2) is 0 Å². The molecule has 0 aliphatic rings. The number of ether oxygens (including phenoxy) is 1. The van der Waals surface area contributed by atoms with Gasteiger partial charge in [0, 0.05) is 6.54 Å². The van der Waals surface area contributed by atoms with Crippen molar-refractivity contribution in [2.75, 3.05) is 6.61 Å². The molecule has 1 amide bonds. The van der Waals surface area contributed by atoms with E-state index in [4.69, 9.17) is 4.74 Å². The molecule has 0 atom stereocenters. The second-order valence-electron chi connectivity index (χ2n) is 5.30. The Morgan fingerprint density at radius 2 is 1.71 bits per heavy atom. The molecule has 2 aromatic rings. The van der Waals surface area contributed by atoms with Gasteiger partial charge in [-0.1, -0.05) is 35.9 Å². The second-order valence-corrected chi connectivity index (χ2v) is 5.30. The van der Waals surface area contributed by atoms with Gasteiger partial charge < -0.3 is 10.1 Å². The predicted octanol–water partition coefficient (Wildman–Crippen LogP) is 3.31. The highest BCUT2D eigenvalue weighted by Gasteiger charge is 2.03. The molecule has 0 fully saturated rings. The van der Waals surface area contributed by atoms with E-state index in [-0.39, 0.29) is 12.5 Å². The fourth-order valence-electron chi connectivity index (χ4n) is 1.91. The van der Waals surface area contributed by atoms with Crippen LogP contribution in [0.4, 0.5) is 0 Å². The van der Waals surface area contributed by atoms with Gasteiger partial charge in [0.2, 0.25) is 0 Å². The SMILES string of the molecule is Cc1ccc(CNC(=O)COc2ccc(C)c(C)c2)cc1. The van der Waals surface area contributed by atoms with E-state index >= 15 is 0 Å². The Morgan fingerprint density at radius 3 is 2.38 bits per heavy atom. The van der Waals surface area contributed by atoms with E-state index in [0.717, 1.165) is 16.9 Å². The predicted molar refractivity (Wildman–Crippen MR) is 84.4 cm³/mol. The van der Waals surface area contributed by atoms with Crippen molar-refractivity contribution in [1.29, 1.82) is 0 Å². The van der Waals surface area contributed by atoms with Crippen LogP contribution in [0.2, 0.25) is 0 Å². The smallest absolute Gasteiger partial charge is 0.258 e. The number of nitrogens with one attached hydrogen (secondary N) is 1. The van der Waals surface area contributed by atoms with Crippen LogP contribution in [0.3, 0.4) is 0 Å². The summed E-state index contributed by atoms with van der Waals surface area (Å²) in [5, 5.41) is 2.85. The van der Waals surface area contributed by atoms with Gasteiger partial charge in [-0.3, -0.25) is 4.79 Å². The first-order chi connectivity index (χ1) is 10.0. The molecule has 0 saturated carbocycles. The number of hydrogen-bond acceptors (Lipinski definition) is 2. The summed E-state index contributed by atoms with van der Waals surface area (Å²) in [6, 6.07) is 13.9. The molecule has 2 aromatic carbocycles. The molecule has 0 radical (unpaired) electrons. The molecular formula is C18H21NO2. The molecule has 2 rings (SSSR count). The van der Waals surface area contributed by atoms with E-state index < -0.39 is 0 Å². The summed E-state index contributed by atoms with van der Waals surface area (Å²) < 4.78 is 5.50. The standard InChI is InChI=1S/C18H21NO2/c1-13-4-7-16(8-5-13)11-19-18(20)12-21-17-9-6-14(2)15(3)10-17/h4-10H,11-12H2,1-3H3,(H,19,20). The van der Waals surface area contributed by atoms with Crippen LogP contribution in [-0.4, -0.2) is 12.5 Å². The van der Waals surface area contributed by atoms with Crippen molar-refractivity contribution in [3.05, 3.63) is 64.7 Å². The lowest BCUT2D eigenvalue weighted by Gasteiger charge is -2.09. The zero-order valence-corrected chi connectivity index (χ0v) is 12.8. The largest absolute Gasteiger partial charge is 0.484 e. The Balaban J connectivity index is 1.79. The maximum atomic E-state index is 11.8. The van der Waals surface area contributed by atoms with Gasteiger partial charge >= 0.3 is 0 Å². The number of carbonyl (C=O) groups excluding carboxylic acids is 1. The van der Waals surface area contributed by atoms with Crippen LogP contribution in [0.5, 0.6) is 5.75 Å². The first-order valence-electron chi connectivity index (χ1n) is 7.07. The summed E-state index contributed by atoms with van der Waals surface area (Å²) in [6.45, 7) is 6.68. The third-order valence-electron chi connectivity index (χ3n) is 3.46. The first kappa shape index (κ1) is 15.1. The van der Waals surface area contributed by atoms with Gasteiger partial charge in [-0.15, -0.1) is 0 Å². The van der Waals surface area contributed by atoms with E-state index in [1.807, 2.05) is 63.2 Å². The molecule has 3 nitrogen and oxygen atoms in total. The molecule has 0 aromatic heterocycles. The molecule has 21 heavy (non-hydrogen) atoms. The van der Waals surface area contributed by atoms with Crippen LogP contribution in [0.1, 0.15) is 22.3 Å². The van der Waals surface area contributed by atoms with Gasteiger partial charge in [0.1, 0.15) is 5.75 Å². The first-order valence-corrected chi connectivity index (χ1v) is 7.07.